The van der Waals surface area contributed by atoms with E-state index in [4.69, 9.17) is 9.78 Å². The van der Waals surface area contributed by atoms with Crippen LogP contribution in [0.5, 0.6) is 5.75 Å². The molecule has 152 valence electrons. The molecular weight excluding hydrogens is 450 g/mol. The number of non-ortho nitro benzene ring substituents is 1. The predicted octanol–water partition coefficient (Wildman–Crippen LogP) is 2.89. The molecule has 0 aliphatic heterocycles. The number of nitrogens with zero attached hydrogens (tertiary/aromatic N) is 5. The van der Waals surface area contributed by atoms with E-state index in [-0.39, 0.29) is 16.9 Å². The van der Waals surface area contributed by atoms with Crippen LogP contribution < -0.4 is 4.89 Å². The number of nitro groups is 1. The smallest absolute Gasteiger partial charge is 0.412 e. The van der Waals surface area contributed by atoms with Crippen LogP contribution in [0.4, 0.5) is 10.5 Å². The zero-order valence-electron chi connectivity index (χ0n) is 15.3. The fourth-order valence-electron chi connectivity index (χ4n) is 2.19. The zero-order chi connectivity index (χ0) is 20.3. The third-order valence-electron chi connectivity index (χ3n) is 3.71. The normalized spacial score (nSPS) is 10.6. The minimum Gasteiger partial charge on any atom is -0.412 e. The summed E-state index contributed by atoms with van der Waals surface area (Å²) >= 11 is 3.38. The summed E-state index contributed by atoms with van der Waals surface area (Å²) in [5.74, 6) is 0.0616. The first-order valence-corrected chi connectivity index (χ1v) is 8.68. The number of halogens is 1. The molecule has 2 aromatic heterocycles. The van der Waals surface area contributed by atoms with Gasteiger partial charge < -0.3 is 5.48 Å². The second kappa shape index (κ2) is 9.12. The summed E-state index contributed by atoms with van der Waals surface area (Å²) in [5.41, 5.74) is 1.76. The molecule has 29 heavy (non-hydrogen) atoms. The van der Waals surface area contributed by atoms with Gasteiger partial charge in [-0.05, 0) is 46.6 Å². The number of aryl methyl sites for hydroxylation is 1. The first kappa shape index (κ1) is 21.8. The van der Waals surface area contributed by atoms with Gasteiger partial charge in [0, 0.05) is 23.8 Å². The summed E-state index contributed by atoms with van der Waals surface area (Å²) in [5, 5.41) is 15.7. The monoisotopic (exact) mass is 465 g/mol. The van der Waals surface area contributed by atoms with E-state index in [0.29, 0.717) is 11.3 Å². The van der Waals surface area contributed by atoms with Gasteiger partial charge in [0.25, 0.3) is 5.69 Å². The number of pyridine rings is 1. The Morgan fingerprint density at radius 2 is 2.14 bits per heavy atom. The van der Waals surface area contributed by atoms with Crippen LogP contribution in [0.3, 0.4) is 0 Å². The topological polar surface area (TPSA) is 143 Å². The Balaban J connectivity index is 0.00000300. The largest absolute Gasteiger partial charge is 0.472 e. The van der Waals surface area contributed by atoms with Crippen LogP contribution in [0.2, 0.25) is 0 Å². The van der Waals surface area contributed by atoms with Crippen molar-refractivity contribution in [2.45, 2.75) is 6.92 Å². The molecule has 0 aliphatic carbocycles. The van der Waals surface area contributed by atoms with E-state index in [0.717, 1.165) is 15.1 Å². The Bertz CT molecular complexity index is 1080. The Kier molecular flexibility index (Phi) is 6.85. The van der Waals surface area contributed by atoms with Gasteiger partial charge in [0.2, 0.25) is 0 Å². The summed E-state index contributed by atoms with van der Waals surface area (Å²) in [6.07, 6.45) is 3.95. The first-order chi connectivity index (χ1) is 13.3. The molecule has 1 aromatic carbocycles. The lowest BCUT2D eigenvalue weighted by molar-refractivity contribution is -0.385. The lowest BCUT2D eigenvalue weighted by Gasteiger charge is -2.11. The molecule has 3 rings (SSSR count). The SMILES string of the molecule is Cc1ccc([N+](=O)[O-])cc1OOC(=O)N(C)/N=C/c1cnc2ccc(Br)cn12.O. The first-order valence-electron chi connectivity index (χ1n) is 7.89. The molecule has 1 amide bonds. The van der Waals surface area contributed by atoms with Crippen molar-refractivity contribution >= 4 is 39.6 Å². The van der Waals surface area contributed by atoms with Crippen molar-refractivity contribution in [1.82, 2.24) is 14.4 Å². The highest BCUT2D eigenvalue weighted by Gasteiger charge is 2.15. The maximum atomic E-state index is 12.0. The summed E-state index contributed by atoms with van der Waals surface area (Å²) in [7, 11) is 1.38. The molecule has 11 nitrogen and oxygen atoms in total. The molecule has 0 aliphatic rings. The van der Waals surface area contributed by atoms with Gasteiger partial charge in [-0.15, -0.1) is 0 Å². The highest BCUT2D eigenvalue weighted by molar-refractivity contribution is 9.10. The number of nitro benzene ring substituents is 1. The standard InChI is InChI=1S/C17H14BrN5O5.H2O/c1-11-3-5-13(23(25)26)7-15(11)27-28-17(24)21(2)20-9-14-8-19-16-6-4-12(18)10-22(14)16;/h3-10H,1-2H3;1H2/b20-9+;. The number of fused-ring (bicyclic) bond motifs is 1. The lowest BCUT2D eigenvalue weighted by atomic mass is 10.2. The summed E-state index contributed by atoms with van der Waals surface area (Å²) in [6, 6.07) is 7.68. The zero-order valence-corrected chi connectivity index (χ0v) is 16.9. The van der Waals surface area contributed by atoms with Crippen LogP contribution in [0.1, 0.15) is 11.3 Å². The van der Waals surface area contributed by atoms with Crippen molar-refractivity contribution < 1.29 is 25.0 Å². The Morgan fingerprint density at radius 1 is 1.38 bits per heavy atom. The van der Waals surface area contributed by atoms with E-state index in [2.05, 4.69) is 26.0 Å². The van der Waals surface area contributed by atoms with Gasteiger partial charge >= 0.3 is 6.09 Å². The Labute approximate surface area is 172 Å². The Morgan fingerprint density at radius 3 is 2.86 bits per heavy atom. The quantitative estimate of drug-likeness (QED) is 0.245. The van der Waals surface area contributed by atoms with Gasteiger partial charge in [-0.1, -0.05) is 0 Å². The molecule has 0 unspecified atom stereocenters. The number of benzene rings is 1. The van der Waals surface area contributed by atoms with Crippen LogP contribution in [-0.4, -0.2) is 44.1 Å². The van der Waals surface area contributed by atoms with E-state index in [1.807, 2.05) is 18.3 Å². The second-order valence-corrected chi connectivity index (χ2v) is 6.58. The predicted molar refractivity (Wildman–Crippen MR) is 107 cm³/mol. The number of hydrogen-bond acceptors (Lipinski definition) is 7. The van der Waals surface area contributed by atoms with Gasteiger partial charge in [0.1, 0.15) is 5.65 Å². The molecule has 2 heterocycles. The van der Waals surface area contributed by atoms with Gasteiger partial charge in [0.15, 0.2) is 5.75 Å². The maximum absolute atomic E-state index is 12.0. The molecule has 2 N–H and O–H groups in total. The highest BCUT2D eigenvalue weighted by Crippen LogP contribution is 2.24. The molecule has 0 saturated heterocycles. The third kappa shape index (κ3) is 5.06. The van der Waals surface area contributed by atoms with E-state index in [9.17, 15) is 14.9 Å². The fourth-order valence-corrected chi connectivity index (χ4v) is 2.53. The van der Waals surface area contributed by atoms with Crippen LogP contribution >= 0.6 is 15.9 Å². The maximum Gasteiger partial charge on any atom is 0.472 e. The fraction of sp³-hybridized carbons (Fsp3) is 0.118. The van der Waals surface area contributed by atoms with Gasteiger partial charge in [-0.3, -0.25) is 19.4 Å². The van der Waals surface area contributed by atoms with Gasteiger partial charge in [0.05, 0.1) is 29.1 Å². The molecule has 0 spiro atoms. The number of aromatic nitrogens is 2. The number of hydrogen-bond donors (Lipinski definition) is 0. The van der Waals surface area contributed by atoms with Crippen molar-refractivity contribution in [3.8, 4) is 5.75 Å². The number of hydrazone groups is 1. The number of amides is 1. The second-order valence-electron chi connectivity index (χ2n) is 5.67. The molecule has 12 heteroatoms. The number of carbonyl (C=O) groups excluding carboxylic acids is 1. The van der Waals surface area contributed by atoms with Crippen molar-refractivity contribution in [2.24, 2.45) is 5.10 Å². The van der Waals surface area contributed by atoms with Crippen molar-refractivity contribution in [2.75, 3.05) is 7.05 Å². The molecule has 0 radical (unpaired) electrons. The minimum absolute atomic E-state index is 0. The molecular formula is C17H16BrN5O6. The molecule has 0 fully saturated rings. The molecule has 0 saturated carbocycles. The van der Waals surface area contributed by atoms with Crippen molar-refractivity contribution in [3.05, 3.63) is 68.6 Å². The van der Waals surface area contributed by atoms with Gasteiger partial charge in [-0.2, -0.15) is 10.1 Å². The van der Waals surface area contributed by atoms with Crippen LogP contribution in [0.25, 0.3) is 5.65 Å². The lowest BCUT2D eigenvalue weighted by Crippen LogP contribution is -2.24. The molecule has 0 atom stereocenters. The summed E-state index contributed by atoms with van der Waals surface area (Å²) in [6.45, 7) is 1.66. The van der Waals surface area contributed by atoms with Crippen molar-refractivity contribution in [1.29, 1.82) is 0 Å². The third-order valence-corrected chi connectivity index (χ3v) is 4.18. The average Bonchev–Trinajstić information content (AvgIpc) is 3.07. The summed E-state index contributed by atoms with van der Waals surface area (Å²) < 4.78 is 2.65. The van der Waals surface area contributed by atoms with Crippen LogP contribution in [0, 0.1) is 17.0 Å². The van der Waals surface area contributed by atoms with Gasteiger partial charge in [-0.25, -0.2) is 14.7 Å². The van der Waals surface area contributed by atoms with E-state index < -0.39 is 11.0 Å². The van der Waals surface area contributed by atoms with E-state index >= 15 is 0 Å². The minimum atomic E-state index is -0.905. The molecule has 0 bridgehead atoms. The van der Waals surface area contributed by atoms with E-state index in [1.165, 1.54) is 31.5 Å². The van der Waals surface area contributed by atoms with E-state index in [1.54, 1.807) is 17.5 Å². The summed E-state index contributed by atoms with van der Waals surface area (Å²) in [4.78, 5) is 36.2. The highest BCUT2D eigenvalue weighted by atomic mass is 79.9. The number of imidazole rings is 1. The van der Waals surface area contributed by atoms with Crippen LogP contribution in [-0.2, 0) is 4.89 Å². The van der Waals surface area contributed by atoms with Crippen molar-refractivity contribution in [3.63, 3.8) is 0 Å². The van der Waals surface area contributed by atoms with Crippen LogP contribution in [0.15, 0.2) is 52.3 Å². The molecule has 3 aromatic rings. The Hall–Kier alpha value is -3.51. The number of carbonyl (C=O) groups is 1. The average molecular weight is 466 g/mol. The number of rotatable bonds is 5.